The van der Waals surface area contributed by atoms with Gasteiger partial charge >= 0.3 is 0 Å². The molecule has 0 saturated carbocycles. The predicted molar refractivity (Wildman–Crippen MR) is 128 cm³/mol. The van der Waals surface area contributed by atoms with Crippen LogP contribution >= 0.6 is 0 Å². The number of carbonyl (C=O) groups is 1. The molecule has 1 aromatic heterocycles. The molecule has 182 valence electrons. The number of nitrogens with one attached hydrogen (secondary N) is 1. The molecular weight excluding hydrogens is 454 g/mol. The van der Waals surface area contributed by atoms with E-state index in [2.05, 4.69) is 34.7 Å². The molecule has 34 heavy (non-hydrogen) atoms. The van der Waals surface area contributed by atoms with Crippen LogP contribution in [0, 0.1) is 5.92 Å². The van der Waals surface area contributed by atoms with Gasteiger partial charge in [-0.3, -0.25) is 4.79 Å². The number of aryl methyl sites for hydroxylation is 1. The maximum atomic E-state index is 13.1. The normalized spacial score (nSPS) is 18.0. The highest BCUT2D eigenvalue weighted by Crippen LogP contribution is 2.25. The standard InChI is InChI=1S/C24H31N5O4S/c1-18-7-6-14-28(16-18)34(31,32)21-12-13-22-23(15-21)29(27-26-22)33-17-24(30)25-19(2)10-11-20-8-4-3-5-9-20/h3-5,8-9,12-13,15,18-19H,6-7,10-11,14,16-17H2,1-2H3,(H,25,30)/t18-,19+/m0/s1. The number of carbonyl (C=O) groups excluding carboxylic acids is 1. The summed E-state index contributed by atoms with van der Waals surface area (Å²) in [5, 5.41) is 10.9. The van der Waals surface area contributed by atoms with E-state index in [4.69, 9.17) is 4.84 Å². The molecule has 0 radical (unpaired) electrons. The van der Waals surface area contributed by atoms with Crippen molar-refractivity contribution >= 4 is 27.0 Å². The van der Waals surface area contributed by atoms with E-state index in [0.717, 1.165) is 30.5 Å². The number of sulfonamides is 1. The predicted octanol–water partition coefficient (Wildman–Crippen LogP) is 2.42. The summed E-state index contributed by atoms with van der Waals surface area (Å²) in [5.41, 5.74) is 2.11. The van der Waals surface area contributed by atoms with Crippen molar-refractivity contribution in [3.63, 3.8) is 0 Å². The minimum Gasteiger partial charge on any atom is -0.385 e. The lowest BCUT2D eigenvalue weighted by Crippen LogP contribution is -2.39. The van der Waals surface area contributed by atoms with E-state index in [0.29, 0.717) is 30.0 Å². The monoisotopic (exact) mass is 485 g/mol. The molecule has 0 spiro atoms. The summed E-state index contributed by atoms with van der Waals surface area (Å²) in [6.07, 6.45) is 3.55. The van der Waals surface area contributed by atoms with E-state index in [1.807, 2.05) is 25.1 Å². The van der Waals surface area contributed by atoms with E-state index in [1.165, 1.54) is 22.0 Å². The summed E-state index contributed by atoms with van der Waals surface area (Å²) in [6, 6.07) is 14.7. The number of benzene rings is 2. The zero-order chi connectivity index (χ0) is 24.1. The van der Waals surface area contributed by atoms with E-state index in [-0.39, 0.29) is 23.5 Å². The SMILES string of the molecule is C[C@H]1CCCN(S(=O)(=O)c2ccc3nnn(OCC(=O)N[C@H](C)CCc4ccccc4)c3c2)C1. The minimum absolute atomic E-state index is 0.0209. The topological polar surface area (TPSA) is 106 Å². The molecule has 9 nitrogen and oxygen atoms in total. The van der Waals surface area contributed by atoms with Crippen molar-refractivity contribution in [1.29, 1.82) is 0 Å². The summed E-state index contributed by atoms with van der Waals surface area (Å²) in [5.74, 6) is 0.0478. The number of rotatable bonds is 9. The van der Waals surface area contributed by atoms with Crippen LogP contribution in [0.3, 0.4) is 0 Å². The zero-order valence-corrected chi connectivity index (χ0v) is 20.4. The van der Waals surface area contributed by atoms with Crippen LogP contribution in [0.5, 0.6) is 0 Å². The molecule has 0 bridgehead atoms. The molecule has 1 saturated heterocycles. The molecule has 1 N–H and O–H groups in total. The lowest BCUT2D eigenvalue weighted by atomic mass is 10.0. The number of fused-ring (bicyclic) bond motifs is 1. The van der Waals surface area contributed by atoms with Crippen LogP contribution in [0.1, 0.15) is 38.7 Å². The Balaban J connectivity index is 1.37. The molecule has 1 amide bonds. The fraction of sp³-hybridized carbons (Fsp3) is 0.458. The molecule has 2 heterocycles. The van der Waals surface area contributed by atoms with E-state index in [9.17, 15) is 13.2 Å². The molecule has 1 fully saturated rings. The fourth-order valence-electron chi connectivity index (χ4n) is 4.18. The molecule has 1 aliphatic heterocycles. The first-order valence-corrected chi connectivity index (χ1v) is 13.1. The highest BCUT2D eigenvalue weighted by Gasteiger charge is 2.29. The highest BCUT2D eigenvalue weighted by atomic mass is 32.2. The van der Waals surface area contributed by atoms with Crippen molar-refractivity contribution in [2.45, 2.75) is 50.5 Å². The molecule has 0 unspecified atom stereocenters. The Bertz CT molecular complexity index is 1230. The summed E-state index contributed by atoms with van der Waals surface area (Å²) in [6.45, 7) is 4.78. The van der Waals surface area contributed by atoms with Crippen LogP contribution in [0.2, 0.25) is 0 Å². The van der Waals surface area contributed by atoms with Crippen LogP contribution in [0.4, 0.5) is 0 Å². The molecule has 2 aromatic carbocycles. The Morgan fingerprint density at radius 3 is 2.79 bits per heavy atom. The third-order valence-electron chi connectivity index (χ3n) is 6.08. The van der Waals surface area contributed by atoms with Crippen LogP contribution in [0.25, 0.3) is 11.0 Å². The first kappa shape index (κ1) is 24.2. The molecule has 3 aromatic rings. The van der Waals surface area contributed by atoms with E-state index < -0.39 is 10.0 Å². The average Bonchev–Trinajstić information content (AvgIpc) is 3.24. The largest absolute Gasteiger partial charge is 0.385 e. The second-order valence-electron chi connectivity index (χ2n) is 8.99. The first-order chi connectivity index (χ1) is 16.3. The van der Waals surface area contributed by atoms with Gasteiger partial charge in [0.2, 0.25) is 10.0 Å². The summed E-state index contributed by atoms with van der Waals surface area (Å²) in [4.78, 5) is 19.2. The number of aromatic nitrogens is 3. The molecular formula is C24H31N5O4S. The Morgan fingerprint density at radius 1 is 1.24 bits per heavy atom. The van der Waals surface area contributed by atoms with Crippen molar-refractivity contribution in [2.75, 3.05) is 19.7 Å². The quantitative estimate of drug-likeness (QED) is 0.499. The Kier molecular flexibility index (Phi) is 7.47. The van der Waals surface area contributed by atoms with Gasteiger partial charge in [0.05, 0.1) is 4.90 Å². The van der Waals surface area contributed by atoms with Gasteiger partial charge in [-0.1, -0.05) is 42.1 Å². The third kappa shape index (κ3) is 5.74. The average molecular weight is 486 g/mol. The second kappa shape index (κ2) is 10.5. The zero-order valence-electron chi connectivity index (χ0n) is 19.6. The van der Waals surface area contributed by atoms with Gasteiger partial charge in [0.15, 0.2) is 6.61 Å². The van der Waals surface area contributed by atoms with Gasteiger partial charge in [0, 0.05) is 19.1 Å². The van der Waals surface area contributed by atoms with Crippen LogP contribution in [-0.2, 0) is 21.2 Å². The van der Waals surface area contributed by atoms with Gasteiger partial charge in [-0.05, 0) is 67.5 Å². The van der Waals surface area contributed by atoms with Crippen molar-refractivity contribution in [1.82, 2.24) is 24.8 Å². The van der Waals surface area contributed by atoms with Gasteiger partial charge in [0.25, 0.3) is 5.91 Å². The Hall–Kier alpha value is -2.98. The maximum Gasteiger partial charge on any atom is 0.260 e. The number of hydrogen-bond donors (Lipinski definition) is 1. The lowest BCUT2D eigenvalue weighted by molar-refractivity contribution is -0.126. The molecule has 4 rings (SSSR count). The lowest BCUT2D eigenvalue weighted by Gasteiger charge is -2.30. The maximum absolute atomic E-state index is 13.1. The van der Waals surface area contributed by atoms with Crippen LogP contribution in [-0.4, -0.2) is 59.5 Å². The van der Waals surface area contributed by atoms with Gasteiger partial charge in [-0.2, -0.15) is 4.31 Å². The fourth-order valence-corrected chi connectivity index (χ4v) is 5.80. The van der Waals surface area contributed by atoms with Crippen molar-refractivity contribution in [3.05, 3.63) is 54.1 Å². The first-order valence-electron chi connectivity index (χ1n) is 11.6. The summed E-state index contributed by atoms with van der Waals surface area (Å²) in [7, 11) is -3.63. The number of hydrogen-bond acceptors (Lipinski definition) is 6. The smallest absolute Gasteiger partial charge is 0.260 e. The van der Waals surface area contributed by atoms with E-state index in [1.54, 1.807) is 6.07 Å². The molecule has 0 aliphatic carbocycles. The van der Waals surface area contributed by atoms with Crippen molar-refractivity contribution in [2.24, 2.45) is 5.92 Å². The highest BCUT2D eigenvalue weighted by molar-refractivity contribution is 7.89. The third-order valence-corrected chi connectivity index (χ3v) is 7.94. The molecule has 2 atom stereocenters. The van der Waals surface area contributed by atoms with Crippen molar-refractivity contribution < 1.29 is 18.0 Å². The summed E-state index contributed by atoms with van der Waals surface area (Å²) < 4.78 is 27.8. The van der Waals surface area contributed by atoms with E-state index >= 15 is 0 Å². The van der Waals surface area contributed by atoms with Crippen molar-refractivity contribution in [3.8, 4) is 0 Å². The molecule has 10 heteroatoms. The number of piperidine rings is 1. The Labute approximate surface area is 200 Å². The minimum atomic E-state index is -3.63. The molecule has 1 aliphatic rings. The van der Waals surface area contributed by atoms with Gasteiger partial charge in [-0.15, -0.1) is 5.10 Å². The summed E-state index contributed by atoms with van der Waals surface area (Å²) >= 11 is 0. The van der Waals surface area contributed by atoms with Crippen LogP contribution in [0.15, 0.2) is 53.4 Å². The van der Waals surface area contributed by atoms with Crippen LogP contribution < -0.4 is 10.2 Å². The number of nitrogens with zero attached hydrogens (tertiary/aromatic N) is 4. The van der Waals surface area contributed by atoms with Gasteiger partial charge in [-0.25, -0.2) is 8.42 Å². The van der Waals surface area contributed by atoms with Gasteiger partial charge < -0.3 is 10.2 Å². The Morgan fingerprint density at radius 2 is 2.03 bits per heavy atom. The number of amides is 1. The van der Waals surface area contributed by atoms with Gasteiger partial charge in [0.1, 0.15) is 11.0 Å². The second-order valence-corrected chi connectivity index (χ2v) is 10.9.